The van der Waals surface area contributed by atoms with Crippen LogP contribution in [0.5, 0.6) is 0 Å². The summed E-state index contributed by atoms with van der Waals surface area (Å²) in [7, 11) is 0. The standard InChI is InChI=1S/C29H37N3O6/c1-5-6-17-23(24(33)18-38-29(37)22-15-11-8-12-16-22)31-26(34)20(4)30-28(36)25(19(2)3)32-27(35)21-13-9-7-10-14-21/h7-16,19-20,23,25H,5-6,17-18H2,1-4H3,(H,30,36)(H,31,34)(H,32,35)/t20-,23-,25-/m0/s1. The number of nitrogens with one attached hydrogen (secondary N) is 3. The summed E-state index contributed by atoms with van der Waals surface area (Å²) in [6, 6.07) is 14.1. The van der Waals surface area contributed by atoms with Crippen LogP contribution in [-0.4, -0.2) is 54.2 Å². The highest BCUT2D eigenvalue weighted by Gasteiger charge is 2.29. The molecule has 0 aromatic heterocycles. The molecule has 2 rings (SSSR count). The van der Waals surface area contributed by atoms with E-state index in [0.29, 0.717) is 24.0 Å². The van der Waals surface area contributed by atoms with Crippen molar-refractivity contribution in [2.75, 3.05) is 6.61 Å². The summed E-state index contributed by atoms with van der Waals surface area (Å²) in [6.07, 6.45) is 1.84. The second-order valence-corrected chi connectivity index (χ2v) is 9.40. The van der Waals surface area contributed by atoms with Crippen LogP contribution in [-0.2, 0) is 19.1 Å². The molecule has 2 aromatic carbocycles. The first-order valence-corrected chi connectivity index (χ1v) is 12.9. The minimum atomic E-state index is -0.971. The molecule has 38 heavy (non-hydrogen) atoms. The molecule has 0 aliphatic rings. The van der Waals surface area contributed by atoms with Crippen LogP contribution in [0.15, 0.2) is 60.7 Å². The summed E-state index contributed by atoms with van der Waals surface area (Å²) in [6.45, 7) is 6.55. The van der Waals surface area contributed by atoms with Crippen molar-refractivity contribution >= 4 is 29.5 Å². The van der Waals surface area contributed by atoms with Crippen molar-refractivity contribution in [3.63, 3.8) is 0 Å². The molecule has 9 nitrogen and oxygen atoms in total. The largest absolute Gasteiger partial charge is 0.454 e. The van der Waals surface area contributed by atoms with E-state index in [0.717, 1.165) is 6.42 Å². The molecular weight excluding hydrogens is 486 g/mol. The van der Waals surface area contributed by atoms with Gasteiger partial charge >= 0.3 is 5.97 Å². The Morgan fingerprint density at radius 3 is 1.89 bits per heavy atom. The minimum absolute atomic E-state index is 0.240. The third kappa shape index (κ3) is 9.46. The Hall–Kier alpha value is -4.01. The summed E-state index contributed by atoms with van der Waals surface area (Å²) in [5.41, 5.74) is 0.742. The molecule has 0 unspecified atom stereocenters. The van der Waals surface area contributed by atoms with E-state index in [2.05, 4.69) is 16.0 Å². The van der Waals surface area contributed by atoms with Gasteiger partial charge in [-0.1, -0.05) is 70.0 Å². The van der Waals surface area contributed by atoms with Crippen molar-refractivity contribution in [3.8, 4) is 0 Å². The lowest BCUT2D eigenvalue weighted by atomic mass is 10.0. The number of carbonyl (C=O) groups excluding carboxylic acids is 5. The zero-order valence-electron chi connectivity index (χ0n) is 22.4. The summed E-state index contributed by atoms with van der Waals surface area (Å²) < 4.78 is 5.14. The fourth-order valence-electron chi connectivity index (χ4n) is 3.63. The Balaban J connectivity index is 1.97. The van der Waals surface area contributed by atoms with Crippen molar-refractivity contribution < 1.29 is 28.7 Å². The molecule has 204 valence electrons. The maximum Gasteiger partial charge on any atom is 0.338 e. The van der Waals surface area contributed by atoms with Gasteiger partial charge in [0.2, 0.25) is 11.8 Å². The Morgan fingerprint density at radius 2 is 1.34 bits per heavy atom. The zero-order valence-corrected chi connectivity index (χ0v) is 22.4. The number of esters is 1. The van der Waals surface area contributed by atoms with E-state index in [1.807, 2.05) is 6.92 Å². The van der Waals surface area contributed by atoms with Gasteiger partial charge in [0.25, 0.3) is 5.91 Å². The molecule has 3 atom stereocenters. The number of unbranched alkanes of at least 4 members (excludes halogenated alkanes) is 1. The highest BCUT2D eigenvalue weighted by Crippen LogP contribution is 2.08. The first-order chi connectivity index (χ1) is 18.1. The molecule has 0 radical (unpaired) electrons. The molecule has 2 aromatic rings. The van der Waals surface area contributed by atoms with Gasteiger partial charge in [-0.3, -0.25) is 19.2 Å². The van der Waals surface area contributed by atoms with Crippen LogP contribution in [0.25, 0.3) is 0 Å². The summed E-state index contributed by atoms with van der Waals surface area (Å²) in [4.78, 5) is 63.4. The Morgan fingerprint density at radius 1 is 0.763 bits per heavy atom. The normalized spacial score (nSPS) is 13.1. The number of benzene rings is 2. The summed E-state index contributed by atoms with van der Waals surface area (Å²) in [5, 5.41) is 8.02. The second kappa shape index (κ2) is 15.3. The van der Waals surface area contributed by atoms with E-state index in [-0.39, 0.29) is 5.92 Å². The van der Waals surface area contributed by atoms with Gasteiger partial charge in [-0.15, -0.1) is 0 Å². The van der Waals surface area contributed by atoms with Gasteiger partial charge in [-0.05, 0) is 43.5 Å². The van der Waals surface area contributed by atoms with Crippen molar-refractivity contribution in [2.45, 2.75) is 65.1 Å². The van der Waals surface area contributed by atoms with Crippen molar-refractivity contribution in [1.82, 2.24) is 16.0 Å². The lowest BCUT2D eigenvalue weighted by molar-refractivity contribution is -0.132. The minimum Gasteiger partial charge on any atom is -0.454 e. The fourth-order valence-corrected chi connectivity index (χ4v) is 3.63. The van der Waals surface area contributed by atoms with E-state index < -0.39 is 54.2 Å². The molecule has 9 heteroatoms. The molecule has 3 amide bonds. The fraction of sp³-hybridized carbons (Fsp3) is 0.414. The monoisotopic (exact) mass is 523 g/mol. The number of rotatable bonds is 14. The Bertz CT molecular complexity index is 1090. The van der Waals surface area contributed by atoms with Gasteiger partial charge in [-0.25, -0.2) is 4.79 Å². The molecular formula is C29H37N3O6. The van der Waals surface area contributed by atoms with Crippen LogP contribution >= 0.6 is 0 Å². The van der Waals surface area contributed by atoms with E-state index in [4.69, 9.17) is 4.74 Å². The number of hydrogen-bond donors (Lipinski definition) is 3. The topological polar surface area (TPSA) is 131 Å². The van der Waals surface area contributed by atoms with Gasteiger partial charge < -0.3 is 20.7 Å². The number of hydrogen-bond acceptors (Lipinski definition) is 6. The number of ether oxygens (including phenoxy) is 1. The quantitative estimate of drug-likeness (QED) is 0.326. The number of ketones is 1. The SMILES string of the molecule is CCCC[C@H](NC(=O)[C@H](C)NC(=O)[C@@H](NC(=O)c1ccccc1)C(C)C)C(=O)COC(=O)c1ccccc1. The van der Waals surface area contributed by atoms with Crippen molar-refractivity contribution in [2.24, 2.45) is 5.92 Å². The van der Waals surface area contributed by atoms with Gasteiger partial charge in [0.05, 0.1) is 11.6 Å². The van der Waals surface area contributed by atoms with E-state index in [9.17, 15) is 24.0 Å². The molecule has 0 aliphatic heterocycles. The van der Waals surface area contributed by atoms with Gasteiger partial charge in [-0.2, -0.15) is 0 Å². The predicted molar refractivity (Wildman–Crippen MR) is 143 cm³/mol. The third-order valence-electron chi connectivity index (χ3n) is 5.93. The zero-order chi connectivity index (χ0) is 28.1. The molecule has 0 saturated heterocycles. The highest BCUT2D eigenvalue weighted by molar-refractivity contribution is 5.99. The van der Waals surface area contributed by atoms with Crippen LogP contribution in [0.4, 0.5) is 0 Å². The van der Waals surface area contributed by atoms with Crippen LogP contribution < -0.4 is 16.0 Å². The molecule has 0 spiro atoms. The molecule has 0 heterocycles. The summed E-state index contributed by atoms with van der Waals surface area (Å²) >= 11 is 0. The van der Waals surface area contributed by atoms with Crippen molar-refractivity contribution in [1.29, 1.82) is 0 Å². The van der Waals surface area contributed by atoms with Crippen LogP contribution in [0.3, 0.4) is 0 Å². The number of Topliss-reactive ketones (excluding diaryl/α,β-unsaturated/α-hetero) is 1. The second-order valence-electron chi connectivity index (χ2n) is 9.40. The number of carbonyl (C=O) groups is 5. The molecule has 0 fully saturated rings. The van der Waals surface area contributed by atoms with Crippen LogP contribution in [0.1, 0.15) is 67.7 Å². The van der Waals surface area contributed by atoms with Gasteiger partial charge in [0, 0.05) is 5.56 Å². The summed E-state index contributed by atoms with van der Waals surface area (Å²) in [5.74, 6) is -2.77. The van der Waals surface area contributed by atoms with Gasteiger partial charge in [0.15, 0.2) is 12.4 Å². The Labute approximate surface area is 223 Å². The highest BCUT2D eigenvalue weighted by atomic mass is 16.5. The number of amides is 3. The third-order valence-corrected chi connectivity index (χ3v) is 5.93. The molecule has 0 aliphatic carbocycles. The lowest BCUT2D eigenvalue weighted by Crippen LogP contribution is -2.56. The lowest BCUT2D eigenvalue weighted by Gasteiger charge is -2.25. The van der Waals surface area contributed by atoms with Crippen molar-refractivity contribution in [3.05, 3.63) is 71.8 Å². The Kier molecular flexibility index (Phi) is 12.2. The predicted octanol–water partition coefficient (Wildman–Crippen LogP) is 3.05. The van der Waals surface area contributed by atoms with E-state index >= 15 is 0 Å². The average Bonchev–Trinajstić information content (AvgIpc) is 2.92. The van der Waals surface area contributed by atoms with E-state index in [1.54, 1.807) is 74.5 Å². The maximum absolute atomic E-state index is 12.9. The van der Waals surface area contributed by atoms with Gasteiger partial charge in [0.1, 0.15) is 12.1 Å². The maximum atomic E-state index is 12.9. The van der Waals surface area contributed by atoms with Crippen LogP contribution in [0, 0.1) is 5.92 Å². The van der Waals surface area contributed by atoms with Crippen LogP contribution in [0.2, 0.25) is 0 Å². The smallest absolute Gasteiger partial charge is 0.338 e. The average molecular weight is 524 g/mol. The molecule has 3 N–H and O–H groups in total. The molecule has 0 saturated carbocycles. The van der Waals surface area contributed by atoms with E-state index in [1.165, 1.54) is 6.92 Å². The molecule has 0 bridgehead atoms. The first-order valence-electron chi connectivity index (χ1n) is 12.9. The first kappa shape index (κ1) is 30.2.